The van der Waals surface area contributed by atoms with Crippen LogP contribution >= 0.6 is 0 Å². The molecular formula is C18H18N2O3S. The maximum Gasteiger partial charge on any atom is 0.243 e. The van der Waals surface area contributed by atoms with Crippen LogP contribution in [0.3, 0.4) is 0 Å². The number of aromatic nitrogens is 1. The number of benzene rings is 2. The molecule has 0 amide bonds. The fourth-order valence-electron chi connectivity index (χ4n) is 3.47. The molecule has 0 saturated heterocycles. The Morgan fingerprint density at radius 2 is 1.83 bits per heavy atom. The van der Waals surface area contributed by atoms with E-state index in [1.165, 1.54) is 11.4 Å². The van der Waals surface area contributed by atoms with Crippen LogP contribution in [0.15, 0.2) is 59.6 Å². The Hall–Kier alpha value is -2.15. The lowest BCUT2D eigenvalue weighted by atomic mass is 9.95. The van der Waals surface area contributed by atoms with Crippen molar-refractivity contribution in [1.82, 2.24) is 9.29 Å². The molecule has 4 rings (SSSR count). The molecule has 0 bridgehead atoms. The predicted octanol–water partition coefficient (Wildman–Crippen LogP) is 2.45. The summed E-state index contributed by atoms with van der Waals surface area (Å²) >= 11 is 0. The van der Waals surface area contributed by atoms with Gasteiger partial charge in [0.15, 0.2) is 0 Å². The lowest BCUT2D eigenvalue weighted by Crippen LogP contribution is -2.46. The third-order valence-corrected chi connectivity index (χ3v) is 6.79. The summed E-state index contributed by atoms with van der Waals surface area (Å²) in [6.45, 7) is 0. The van der Waals surface area contributed by atoms with Crippen molar-refractivity contribution in [3.63, 3.8) is 0 Å². The number of aliphatic hydroxyl groups excluding tert-OH is 1. The van der Waals surface area contributed by atoms with E-state index in [4.69, 9.17) is 0 Å². The third-order valence-electron chi connectivity index (χ3n) is 4.83. The Morgan fingerprint density at radius 3 is 2.67 bits per heavy atom. The molecule has 24 heavy (non-hydrogen) atoms. The van der Waals surface area contributed by atoms with Gasteiger partial charge in [-0.05, 0) is 24.1 Å². The predicted molar refractivity (Wildman–Crippen MR) is 92.1 cm³/mol. The lowest BCUT2D eigenvalue weighted by molar-refractivity contribution is 0.0893. The van der Waals surface area contributed by atoms with Crippen LogP contribution in [0.2, 0.25) is 0 Å². The molecule has 0 radical (unpaired) electrons. The zero-order valence-corrected chi connectivity index (χ0v) is 14.0. The van der Waals surface area contributed by atoms with Gasteiger partial charge in [0.1, 0.15) is 0 Å². The van der Waals surface area contributed by atoms with E-state index in [9.17, 15) is 13.5 Å². The van der Waals surface area contributed by atoms with E-state index < -0.39 is 22.2 Å². The zero-order valence-electron chi connectivity index (χ0n) is 13.2. The van der Waals surface area contributed by atoms with Gasteiger partial charge in [0.05, 0.1) is 17.0 Å². The van der Waals surface area contributed by atoms with Crippen LogP contribution in [-0.4, -0.2) is 35.9 Å². The first-order valence-corrected chi connectivity index (χ1v) is 9.24. The van der Waals surface area contributed by atoms with Crippen molar-refractivity contribution in [2.24, 2.45) is 0 Å². The van der Waals surface area contributed by atoms with Crippen LogP contribution in [-0.2, 0) is 16.4 Å². The van der Waals surface area contributed by atoms with Crippen LogP contribution in [0.4, 0.5) is 0 Å². The number of sulfonamides is 1. The molecule has 2 heterocycles. The number of nitrogens with zero attached hydrogens (tertiary/aromatic N) is 1. The number of hydrogen-bond acceptors (Lipinski definition) is 3. The van der Waals surface area contributed by atoms with Gasteiger partial charge in [0.25, 0.3) is 0 Å². The molecule has 1 aromatic heterocycles. The molecule has 0 fully saturated rings. The van der Waals surface area contributed by atoms with E-state index in [0.717, 1.165) is 16.5 Å². The van der Waals surface area contributed by atoms with Gasteiger partial charge in [0.2, 0.25) is 10.0 Å². The average Bonchev–Trinajstić information content (AvgIpc) is 3.00. The topological polar surface area (TPSA) is 73.4 Å². The monoisotopic (exact) mass is 342 g/mol. The highest BCUT2D eigenvalue weighted by Crippen LogP contribution is 2.37. The van der Waals surface area contributed by atoms with Gasteiger partial charge < -0.3 is 10.1 Å². The van der Waals surface area contributed by atoms with Crippen molar-refractivity contribution in [1.29, 1.82) is 0 Å². The normalized spacial score (nSPS) is 23.2. The van der Waals surface area contributed by atoms with Crippen molar-refractivity contribution in [3.8, 4) is 0 Å². The van der Waals surface area contributed by atoms with Crippen LogP contribution in [0.1, 0.15) is 17.2 Å². The SMILES string of the molecule is CN1C(Cc2c[nH]c3ccccc23)C(O)c2ccccc2S1(=O)=O. The van der Waals surface area contributed by atoms with E-state index in [-0.39, 0.29) is 4.90 Å². The first kappa shape index (κ1) is 15.4. The molecule has 0 aliphatic carbocycles. The fraction of sp³-hybridized carbons (Fsp3) is 0.222. The van der Waals surface area contributed by atoms with E-state index in [1.807, 2.05) is 30.5 Å². The second kappa shape index (κ2) is 5.44. The molecule has 124 valence electrons. The number of hydrogen-bond donors (Lipinski definition) is 2. The number of likely N-dealkylation sites (N-methyl/N-ethyl adjacent to an activating group) is 1. The molecule has 1 aliphatic rings. The molecule has 3 aromatic rings. The number of para-hydroxylation sites is 1. The Labute approximate surface area is 140 Å². The minimum atomic E-state index is -3.60. The summed E-state index contributed by atoms with van der Waals surface area (Å²) in [4.78, 5) is 3.39. The minimum Gasteiger partial charge on any atom is -0.387 e. The highest BCUT2D eigenvalue weighted by Gasteiger charge is 2.41. The Morgan fingerprint density at radius 1 is 1.12 bits per heavy atom. The molecule has 2 aromatic carbocycles. The first-order valence-electron chi connectivity index (χ1n) is 7.80. The molecule has 2 unspecified atom stereocenters. The van der Waals surface area contributed by atoms with Gasteiger partial charge in [0, 0.05) is 29.7 Å². The quantitative estimate of drug-likeness (QED) is 0.751. The number of aromatic amines is 1. The second-order valence-electron chi connectivity index (χ2n) is 6.13. The van der Waals surface area contributed by atoms with Crippen LogP contribution in [0, 0.1) is 0 Å². The minimum absolute atomic E-state index is 0.190. The summed E-state index contributed by atoms with van der Waals surface area (Å²) in [6, 6.07) is 14.0. The third kappa shape index (κ3) is 2.18. The van der Waals surface area contributed by atoms with E-state index in [2.05, 4.69) is 4.98 Å². The summed E-state index contributed by atoms with van der Waals surface area (Å²) in [7, 11) is -2.06. The van der Waals surface area contributed by atoms with E-state index in [0.29, 0.717) is 12.0 Å². The maximum absolute atomic E-state index is 12.8. The molecule has 5 nitrogen and oxygen atoms in total. The average molecular weight is 342 g/mol. The molecule has 0 saturated carbocycles. The molecule has 1 aliphatic heterocycles. The van der Waals surface area contributed by atoms with Crippen molar-refractivity contribution in [2.75, 3.05) is 7.05 Å². The van der Waals surface area contributed by atoms with Crippen LogP contribution in [0.25, 0.3) is 10.9 Å². The van der Waals surface area contributed by atoms with Gasteiger partial charge in [-0.15, -0.1) is 0 Å². The highest BCUT2D eigenvalue weighted by atomic mass is 32.2. The van der Waals surface area contributed by atoms with Crippen LogP contribution < -0.4 is 0 Å². The van der Waals surface area contributed by atoms with Gasteiger partial charge in [-0.25, -0.2) is 8.42 Å². The fourth-order valence-corrected chi connectivity index (χ4v) is 5.06. The summed E-state index contributed by atoms with van der Waals surface area (Å²) in [5.41, 5.74) is 2.47. The van der Waals surface area contributed by atoms with Crippen LogP contribution in [0.5, 0.6) is 0 Å². The second-order valence-corrected chi connectivity index (χ2v) is 8.10. The van der Waals surface area contributed by atoms with Crippen molar-refractivity contribution >= 4 is 20.9 Å². The Bertz CT molecular complexity index is 1010. The van der Waals surface area contributed by atoms with E-state index >= 15 is 0 Å². The number of rotatable bonds is 2. The van der Waals surface area contributed by atoms with E-state index in [1.54, 1.807) is 24.3 Å². The van der Waals surface area contributed by atoms with Gasteiger partial charge in [-0.3, -0.25) is 0 Å². The first-order chi connectivity index (χ1) is 11.5. The highest BCUT2D eigenvalue weighted by molar-refractivity contribution is 7.89. The largest absolute Gasteiger partial charge is 0.387 e. The van der Waals surface area contributed by atoms with Crippen molar-refractivity contribution in [2.45, 2.75) is 23.5 Å². The summed E-state index contributed by atoms with van der Waals surface area (Å²) < 4.78 is 26.8. The van der Waals surface area contributed by atoms with Gasteiger partial charge >= 0.3 is 0 Å². The molecule has 0 spiro atoms. The smallest absolute Gasteiger partial charge is 0.243 e. The summed E-state index contributed by atoms with van der Waals surface area (Å²) in [5.74, 6) is 0. The zero-order chi connectivity index (χ0) is 16.9. The Kier molecular flexibility index (Phi) is 3.49. The summed E-state index contributed by atoms with van der Waals surface area (Å²) in [5, 5.41) is 11.8. The lowest BCUT2D eigenvalue weighted by Gasteiger charge is -2.37. The van der Waals surface area contributed by atoms with Crippen molar-refractivity contribution < 1.29 is 13.5 Å². The summed E-state index contributed by atoms with van der Waals surface area (Å²) in [6.07, 6.45) is 1.47. The molecule has 2 atom stereocenters. The standard InChI is InChI=1S/C18H18N2O3S/c1-20-16(10-12-11-19-15-8-4-2-6-13(12)15)18(21)14-7-3-5-9-17(14)24(20,22)23/h2-9,11,16,18-19,21H,10H2,1H3. The number of aliphatic hydroxyl groups is 1. The van der Waals surface area contributed by atoms with Gasteiger partial charge in [-0.1, -0.05) is 36.4 Å². The maximum atomic E-state index is 12.8. The number of fused-ring (bicyclic) bond motifs is 2. The number of H-pyrrole nitrogens is 1. The number of nitrogens with one attached hydrogen (secondary N) is 1. The molecule has 6 heteroatoms. The van der Waals surface area contributed by atoms with Crippen molar-refractivity contribution in [3.05, 3.63) is 65.9 Å². The van der Waals surface area contributed by atoms with Gasteiger partial charge in [-0.2, -0.15) is 4.31 Å². The Balaban J connectivity index is 1.79. The molecular weight excluding hydrogens is 324 g/mol. The molecule has 2 N–H and O–H groups in total.